The molecule has 0 aliphatic heterocycles. The zero-order valence-electron chi connectivity index (χ0n) is 16.0. The average molecular weight is 343 g/mol. The Morgan fingerprint density at radius 3 is 1.46 bits per heavy atom. The molecule has 4 heteroatoms. The van der Waals surface area contributed by atoms with Crippen molar-refractivity contribution in [1.29, 1.82) is 0 Å². The Labute approximate surface area is 147 Å². The first-order chi connectivity index (χ1) is 11.4. The van der Waals surface area contributed by atoms with E-state index in [0.717, 1.165) is 38.5 Å². The maximum absolute atomic E-state index is 9.96. The summed E-state index contributed by atoms with van der Waals surface area (Å²) in [6.07, 6.45) is 7.94. The van der Waals surface area contributed by atoms with Crippen LogP contribution in [-0.4, -0.2) is 48.8 Å². The number of aliphatic hydroxyl groups excluding tert-OH is 2. The van der Waals surface area contributed by atoms with Gasteiger partial charge in [-0.15, -0.1) is 0 Å². The monoisotopic (exact) mass is 342 g/mol. The lowest BCUT2D eigenvalue weighted by Gasteiger charge is -2.37. The fraction of sp³-hybridized carbons (Fsp3) is 1.00. The molecule has 0 amide bonds. The molecule has 0 bridgehead atoms. The van der Waals surface area contributed by atoms with E-state index in [1.165, 1.54) is 12.8 Å². The molecule has 4 nitrogen and oxygen atoms in total. The minimum atomic E-state index is -0.279. The minimum absolute atomic E-state index is 0.0218. The van der Waals surface area contributed by atoms with Crippen molar-refractivity contribution in [3.63, 3.8) is 0 Å². The summed E-state index contributed by atoms with van der Waals surface area (Å²) >= 11 is 0. The summed E-state index contributed by atoms with van der Waals surface area (Å²) < 4.78 is 10.9. The van der Waals surface area contributed by atoms with Crippen LogP contribution in [0.25, 0.3) is 0 Å². The Morgan fingerprint density at radius 1 is 0.750 bits per heavy atom. The fourth-order valence-electron chi connectivity index (χ4n) is 4.84. The highest BCUT2D eigenvalue weighted by Crippen LogP contribution is 2.37. The Kier molecular flexibility index (Phi) is 7.99. The van der Waals surface area contributed by atoms with Gasteiger partial charge < -0.3 is 19.7 Å². The first kappa shape index (κ1) is 20.2. The largest absolute Gasteiger partial charge is 0.390 e. The van der Waals surface area contributed by atoms with Gasteiger partial charge in [0.25, 0.3) is 0 Å². The van der Waals surface area contributed by atoms with Crippen LogP contribution in [0, 0.1) is 23.7 Å². The van der Waals surface area contributed by atoms with Gasteiger partial charge in [-0.3, -0.25) is 0 Å². The smallest absolute Gasteiger partial charge is 0.0832 e. The maximum Gasteiger partial charge on any atom is 0.0832 e. The summed E-state index contributed by atoms with van der Waals surface area (Å²) in [5.41, 5.74) is 0. The molecule has 0 aromatic rings. The predicted octanol–water partition coefficient (Wildman–Crippen LogP) is 3.39. The van der Waals surface area contributed by atoms with E-state index in [0.29, 0.717) is 23.7 Å². The highest BCUT2D eigenvalue weighted by Gasteiger charge is 2.33. The molecule has 2 rings (SSSR count). The van der Waals surface area contributed by atoms with Gasteiger partial charge in [0, 0.05) is 14.2 Å². The van der Waals surface area contributed by atoms with E-state index >= 15 is 0 Å². The van der Waals surface area contributed by atoms with Crippen LogP contribution in [0.3, 0.4) is 0 Å². The second-order valence-corrected chi connectivity index (χ2v) is 8.47. The zero-order chi connectivity index (χ0) is 17.7. The lowest BCUT2D eigenvalue weighted by atomic mass is 9.73. The predicted molar refractivity (Wildman–Crippen MR) is 95.9 cm³/mol. The van der Waals surface area contributed by atoms with Crippen LogP contribution in [0.1, 0.15) is 65.2 Å². The van der Waals surface area contributed by atoms with E-state index in [4.69, 9.17) is 9.47 Å². The van der Waals surface area contributed by atoms with Gasteiger partial charge >= 0.3 is 0 Å². The Hall–Kier alpha value is -0.160. The van der Waals surface area contributed by atoms with Gasteiger partial charge in [0.15, 0.2) is 0 Å². The van der Waals surface area contributed by atoms with Crippen LogP contribution in [-0.2, 0) is 9.47 Å². The third kappa shape index (κ3) is 5.42. The topological polar surface area (TPSA) is 58.9 Å². The molecule has 2 N–H and O–H groups in total. The van der Waals surface area contributed by atoms with E-state index in [-0.39, 0.29) is 24.4 Å². The highest BCUT2D eigenvalue weighted by molar-refractivity contribution is 4.84. The summed E-state index contributed by atoms with van der Waals surface area (Å²) in [6.45, 7) is 4.76. The molecular weight excluding hydrogens is 304 g/mol. The van der Waals surface area contributed by atoms with Crippen LogP contribution < -0.4 is 0 Å². The summed E-state index contributed by atoms with van der Waals surface area (Å²) in [5, 5.41) is 19.9. The van der Waals surface area contributed by atoms with Crippen LogP contribution in [0.2, 0.25) is 0 Å². The molecule has 2 fully saturated rings. The normalized spacial score (nSPS) is 40.2. The van der Waals surface area contributed by atoms with E-state index in [1.807, 2.05) is 0 Å². The lowest BCUT2D eigenvalue weighted by molar-refractivity contribution is -0.0570. The van der Waals surface area contributed by atoms with Crippen molar-refractivity contribution < 1.29 is 19.7 Å². The molecule has 8 unspecified atom stereocenters. The molecular formula is C20H38O4. The lowest BCUT2D eigenvalue weighted by Crippen LogP contribution is -2.37. The van der Waals surface area contributed by atoms with Gasteiger partial charge in [-0.25, -0.2) is 0 Å². The van der Waals surface area contributed by atoms with E-state index in [1.54, 1.807) is 14.2 Å². The minimum Gasteiger partial charge on any atom is -0.390 e. The number of hydrogen-bond acceptors (Lipinski definition) is 4. The average Bonchev–Trinajstić information content (AvgIpc) is 2.58. The third-order valence-corrected chi connectivity index (χ3v) is 6.72. The molecule has 0 spiro atoms. The van der Waals surface area contributed by atoms with Gasteiger partial charge in [-0.05, 0) is 75.0 Å². The molecule has 8 atom stereocenters. The van der Waals surface area contributed by atoms with Crippen LogP contribution in [0.4, 0.5) is 0 Å². The summed E-state index contributed by atoms with van der Waals surface area (Å²) in [5.74, 6) is 2.73. The second-order valence-electron chi connectivity index (χ2n) is 8.47. The highest BCUT2D eigenvalue weighted by atomic mass is 16.5. The third-order valence-electron chi connectivity index (χ3n) is 6.72. The van der Waals surface area contributed by atoms with Gasteiger partial charge in [0.1, 0.15) is 0 Å². The van der Waals surface area contributed by atoms with Crippen molar-refractivity contribution in [1.82, 2.24) is 0 Å². The van der Waals surface area contributed by atoms with Gasteiger partial charge in [0.2, 0.25) is 0 Å². The SMILES string of the molecule is COC1CC(CC(C)C(C)CC2CCC(O)C(OC)C2)CCC1O. The van der Waals surface area contributed by atoms with E-state index < -0.39 is 0 Å². The molecule has 2 saturated carbocycles. The number of aliphatic hydroxyl groups is 2. The number of hydrogen-bond donors (Lipinski definition) is 2. The molecule has 0 radical (unpaired) electrons. The Balaban J connectivity index is 1.76. The molecule has 142 valence electrons. The number of rotatable bonds is 7. The van der Waals surface area contributed by atoms with Crippen molar-refractivity contribution >= 4 is 0 Å². The van der Waals surface area contributed by atoms with E-state index in [2.05, 4.69) is 13.8 Å². The van der Waals surface area contributed by atoms with Crippen molar-refractivity contribution in [2.75, 3.05) is 14.2 Å². The van der Waals surface area contributed by atoms with Gasteiger partial charge in [0.05, 0.1) is 24.4 Å². The zero-order valence-corrected chi connectivity index (χ0v) is 16.0. The van der Waals surface area contributed by atoms with Gasteiger partial charge in [-0.2, -0.15) is 0 Å². The van der Waals surface area contributed by atoms with E-state index in [9.17, 15) is 10.2 Å². The second kappa shape index (κ2) is 9.51. The quantitative estimate of drug-likeness (QED) is 0.744. The standard InChI is InChI=1S/C20H38O4/c1-13(9-15-5-7-17(21)19(11-15)23-3)14(2)10-16-6-8-18(22)20(12-16)24-4/h13-22H,5-12H2,1-4H3. The first-order valence-corrected chi connectivity index (χ1v) is 9.86. The van der Waals surface area contributed by atoms with Crippen LogP contribution in [0.15, 0.2) is 0 Å². The first-order valence-electron chi connectivity index (χ1n) is 9.86. The molecule has 0 aromatic heterocycles. The number of methoxy groups -OCH3 is 2. The molecule has 2 aliphatic carbocycles. The van der Waals surface area contributed by atoms with Gasteiger partial charge in [-0.1, -0.05) is 13.8 Å². The molecule has 2 aliphatic rings. The molecule has 0 heterocycles. The molecule has 0 saturated heterocycles. The summed E-state index contributed by atoms with van der Waals surface area (Å²) in [7, 11) is 3.43. The van der Waals surface area contributed by atoms with Crippen molar-refractivity contribution in [3.8, 4) is 0 Å². The summed E-state index contributed by atoms with van der Waals surface area (Å²) in [4.78, 5) is 0. The summed E-state index contributed by atoms with van der Waals surface area (Å²) in [6, 6.07) is 0. The van der Waals surface area contributed by atoms with Crippen LogP contribution in [0.5, 0.6) is 0 Å². The fourth-order valence-corrected chi connectivity index (χ4v) is 4.84. The Morgan fingerprint density at radius 2 is 1.12 bits per heavy atom. The molecule has 0 aromatic carbocycles. The van der Waals surface area contributed by atoms with Crippen LogP contribution >= 0.6 is 0 Å². The molecule has 24 heavy (non-hydrogen) atoms. The number of ether oxygens (including phenoxy) is 2. The van der Waals surface area contributed by atoms with Crippen molar-refractivity contribution in [2.24, 2.45) is 23.7 Å². The maximum atomic E-state index is 9.96. The van der Waals surface area contributed by atoms with Crippen molar-refractivity contribution in [3.05, 3.63) is 0 Å². The van der Waals surface area contributed by atoms with Crippen molar-refractivity contribution in [2.45, 2.75) is 89.6 Å². The Bertz CT molecular complexity index is 328.